The maximum Gasteiger partial charge on any atom is 0.311 e. The second-order valence-corrected chi connectivity index (χ2v) is 6.71. The highest BCUT2D eigenvalue weighted by molar-refractivity contribution is 7.13. The Morgan fingerprint density at radius 3 is 3.00 bits per heavy atom. The third-order valence-corrected chi connectivity index (χ3v) is 4.63. The summed E-state index contributed by atoms with van der Waals surface area (Å²) in [6.07, 6.45) is 1.35. The molecule has 29 heavy (non-hydrogen) atoms. The lowest BCUT2D eigenvalue weighted by Crippen LogP contribution is -2.19. The second kappa shape index (κ2) is 10.7. The molecule has 3 rings (SSSR count). The molecule has 9 nitrogen and oxygen atoms in total. The number of thiazole rings is 1. The summed E-state index contributed by atoms with van der Waals surface area (Å²) >= 11 is 1.35. The molecule has 156 valence electrons. The molecular weight excluding hydrogens is 398 g/mol. The molecule has 1 aliphatic rings. The Morgan fingerprint density at radius 1 is 1.41 bits per heavy atom. The number of benzene rings is 1. The van der Waals surface area contributed by atoms with Crippen molar-refractivity contribution in [2.75, 3.05) is 39.0 Å². The summed E-state index contributed by atoms with van der Waals surface area (Å²) in [5.74, 6) is 0.820. The number of carbonyl (C=O) groups is 1. The molecule has 2 heterocycles. The maximum atomic E-state index is 11.5. The van der Waals surface area contributed by atoms with Crippen LogP contribution in [0.5, 0.6) is 11.5 Å². The van der Waals surface area contributed by atoms with E-state index in [1.165, 1.54) is 11.3 Å². The van der Waals surface area contributed by atoms with Crippen molar-refractivity contribution >= 4 is 28.7 Å². The first kappa shape index (κ1) is 21.0. The van der Waals surface area contributed by atoms with E-state index in [0.29, 0.717) is 42.1 Å². The number of rotatable bonds is 10. The van der Waals surface area contributed by atoms with Gasteiger partial charge in [-0.1, -0.05) is 6.07 Å². The molecule has 1 saturated heterocycles. The number of nitrogens with one attached hydrogen (secondary N) is 1. The summed E-state index contributed by atoms with van der Waals surface area (Å²) in [5, 5.41) is 6.57. The molecule has 0 atom stereocenters. The average Bonchev–Trinajstić information content (AvgIpc) is 3.39. The highest BCUT2D eigenvalue weighted by atomic mass is 32.1. The topological polar surface area (TPSA) is 101 Å². The summed E-state index contributed by atoms with van der Waals surface area (Å²) in [7, 11) is 1.57. The molecule has 1 fully saturated rings. The van der Waals surface area contributed by atoms with Crippen LogP contribution in [0.2, 0.25) is 0 Å². The molecule has 0 radical (unpaired) electrons. The van der Waals surface area contributed by atoms with Crippen molar-refractivity contribution in [3.05, 3.63) is 34.8 Å². The predicted molar refractivity (Wildman–Crippen MR) is 108 cm³/mol. The normalized spacial score (nSPS) is 14.3. The van der Waals surface area contributed by atoms with Crippen LogP contribution in [0.25, 0.3) is 0 Å². The SMILES string of the molecule is CCOC(=O)Cc1csc(NN=Cc2cccc(OC)c2OCC2OCCO2)n1. The Kier molecular flexibility index (Phi) is 7.79. The Hall–Kier alpha value is -2.69. The van der Waals surface area contributed by atoms with E-state index in [0.717, 1.165) is 5.56 Å². The van der Waals surface area contributed by atoms with E-state index in [-0.39, 0.29) is 19.0 Å². The lowest BCUT2D eigenvalue weighted by atomic mass is 10.2. The van der Waals surface area contributed by atoms with Crippen LogP contribution in [0.4, 0.5) is 5.13 Å². The van der Waals surface area contributed by atoms with Crippen molar-refractivity contribution < 1.29 is 28.5 Å². The zero-order valence-corrected chi connectivity index (χ0v) is 17.1. The lowest BCUT2D eigenvalue weighted by Gasteiger charge is -2.15. The van der Waals surface area contributed by atoms with Crippen LogP contribution in [-0.2, 0) is 25.4 Å². The average molecular weight is 421 g/mol. The smallest absolute Gasteiger partial charge is 0.311 e. The maximum absolute atomic E-state index is 11.5. The summed E-state index contributed by atoms with van der Waals surface area (Å²) in [5.41, 5.74) is 4.21. The first-order chi connectivity index (χ1) is 14.2. The number of hydrogen-bond acceptors (Lipinski definition) is 10. The van der Waals surface area contributed by atoms with Crippen molar-refractivity contribution in [2.45, 2.75) is 19.6 Å². The van der Waals surface area contributed by atoms with E-state index >= 15 is 0 Å². The molecule has 0 saturated carbocycles. The number of methoxy groups -OCH3 is 1. The van der Waals surface area contributed by atoms with Gasteiger partial charge in [0, 0.05) is 10.9 Å². The highest BCUT2D eigenvalue weighted by Gasteiger charge is 2.18. The molecule has 2 aromatic rings. The van der Waals surface area contributed by atoms with Crippen molar-refractivity contribution in [3.63, 3.8) is 0 Å². The molecule has 10 heteroatoms. The second-order valence-electron chi connectivity index (χ2n) is 5.86. The van der Waals surface area contributed by atoms with Gasteiger partial charge in [0.2, 0.25) is 5.13 Å². The summed E-state index contributed by atoms with van der Waals surface area (Å²) < 4.78 is 27.0. The molecule has 0 amide bonds. The molecule has 0 unspecified atom stereocenters. The van der Waals surface area contributed by atoms with Crippen molar-refractivity contribution in [3.8, 4) is 11.5 Å². The fraction of sp³-hybridized carbons (Fsp3) is 0.421. The number of nitrogens with zero attached hydrogens (tertiary/aromatic N) is 2. The molecule has 1 aliphatic heterocycles. The van der Waals surface area contributed by atoms with Gasteiger partial charge in [-0.15, -0.1) is 11.3 Å². The summed E-state index contributed by atoms with van der Waals surface area (Å²) in [6, 6.07) is 5.50. The predicted octanol–water partition coefficient (Wildman–Crippen LogP) is 2.46. The number of hydrazone groups is 1. The zero-order chi connectivity index (χ0) is 20.5. The fourth-order valence-electron chi connectivity index (χ4n) is 2.56. The van der Waals surface area contributed by atoms with Crippen molar-refractivity contribution in [1.29, 1.82) is 0 Å². The summed E-state index contributed by atoms with van der Waals surface area (Å²) in [6.45, 7) is 3.49. The van der Waals surface area contributed by atoms with E-state index in [1.54, 1.807) is 31.7 Å². The number of ether oxygens (including phenoxy) is 5. The Labute approximate surface area is 172 Å². The molecule has 1 N–H and O–H groups in total. The summed E-state index contributed by atoms with van der Waals surface area (Å²) in [4.78, 5) is 15.8. The number of hydrogen-bond donors (Lipinski definition) is 1. The van der Waals surface area contributed by atoms with Gasteiger partial charge < -0.3 is 23.7 Å². The van der Waals surface area contributed by atoms with Gasteiger partial charge >= 0.3 is 5.97 Å². The standard InChI is InChI=1S/C19H23N3O6S/c1-3-25-16(23)9-14-12-29-19(21-14)22-20-10-13-5-4-6-15(24-2)18(13)28-11-17-26-7-8-27-17/h4-6,10,12,17H,3,7-9,11H2,1-2H3,(H,21,22). The van der Waals surface area contributed by atoms with Crippen LogP contribution in [0.3, 0.4) is 0 Å². The Bertz CT molecular complexity index is 835. The molecule has 1 aromatic carbocycles. The van der Waals surface area contributed by atoms with Gasteiger partial charge in [-0.3, -0.25) is 10.2 Å². The minimum Gasteiger partial charge on any atom is -0.493 e. The van der Waals surface area contributed by atoms with Gasteiger partial charge in [-0.25, -0.2) is 4.98 Å². The molecular formula is C19H23N3O6S. The van der Waals surface area contributed by atoms with E-state index in [4.69, 9.17) is 23.7 Å². The van der Waals surface area contributed by atoms with Gasteiger partial charge in [0.05, 0.1) is 45.3 Å². The van der Waals surface area contributed by atoms with Crippen LogP contribution in [0, 0.1) is 0 Å². The molecule has 1 aromatic heterocycles. The van der Waals surface area contributed by atoms with Gasteiger partial charge in [0.15, 0.2) is 17.8 Å². The molecule has 0 bridgehead atoms. The first-order valence-electron chi connectivity index (χ1n) is 9.11. The van der Waals surface area contributed by atoms with Crippen molar-refractivity contribution in [2.24, 2.45) is 5.10 Å². The highest BCUT2D eigenvalue weighted by Crippen LogP contribution is 2.30. The first-order valence-corrected chi connectivity index (χ1v) is 9.99. The van der Waals surface area contributed by atoms with Crippen LogP contribution in [0.1, 0.15) is 18.2 Å². The third kappa shape index (κ3) is 6.14. The number of aromatic nitrogens is 1. The van der Waals surface area contributed by atoms with Gasteiger partial charge in [-0.2, -0.15) is 5.10 Å². The van der Waals surface area contributed by atoms with Gasteiger partial charge in [0.25, 0.3) is 0 Å². The monoisotopic (exact) mass is 421 g/mol. The third-order valence-electron chi connectivity index (χ3n) is 3.83. The van der Waals surface area contributed by atoms with Crippen LogP contribution in [0.15, 0.2) is 28.7 Å². The van der Waals surface area contributed by atoms with Crippen LogP contribution < -0.4 is 14.9 Å². The fourth-order valence-corrected chi connectivity index (χ4v) is 3.22. The Morgan fingerprint density at radius 2 is 2.24 bits per heavy atom. The lowest BCUT2D eigenvalue weighted by molar-refractivity contribution is -0.142. The minimum atomic E-state index is -0.393. The quantitative estimate of drug-likeness (QED) is 0.355. The van der Waals surface area contributed by atoms with Gasteiger partial charge in [-0.05, 0) is 19.1 Å². The number of carbonyl (C=O) groups excluding carboxylic acids is 1. The largest absolute Gasteiger partial charge is 0.493 e. The molecule has 0 spiro atoms. The van der Waals surface area contributed by atoms with Crippen LogP contribution >= 0.6 is 11.3 Å². The van der Waals surface area contributed by atoms with E-state index in [2.05, 4.69) is 15.5 Å². The zero-order valence-electron chi connectivity index (χ0n) is 16.3. The Balaban J connectivity index is 1.62. The van der Waals surface area contributed by atoms with E-state index in [9.17, 15) is 4.79 Å². The van der Waals surface area contributed by atoms with Gasteiger partial charge in [0.1, 0.15) is 6.61 Å². The van der Waals surface area contributed by atoms with Crippen molar-refractivity contribution in [1.82, 2.24) is 4.98 Å². The number of anilines is 1. The number of para-hydroxylation sites is 1. The van der Waals surface area contributed by atoms with E-state index in [1.807, 2.05) is 12.1 Å². The van der Waals surface area contributed by atoms with E-state index < -0.39 is 6.29 Å². The van der Waals surface area contributed by atoms with Crippen LogP contribution in [-0.4, -0.2) is 57.0 Å². The molecule has 0 aliphatic carbocycles. The number of esters is 1. The minimum absolute atomic E-state index is 0.134.